The van der Waals surface area contributed by atoms with E-state index in [0.717, 1.165) is 43.7 Å². The highest BCUT2D eigenvalue weighted by atomic mass is 16.5. The third-order valence-corrected chi connectivity index (χ3v) is 5.77. The first-order chi connectivity index (χ1) is 13.9. The number of benzene rings is 1. The molecule has 29 heavy (non-hydrogen) atoms. The van der Waals surface area contributed by atoms with Gasteiger partial charge < -0.3 is 9.64 Å². The molecule has 6 heteroatoms. The summed E-state index contributed by atoms with van der Waals surface area (Å²) in [6.07, 6.45) is 3.05. The van der Waals surface area contributed by atoms with Gasteiger partial charge in [-0.1, -0.05) is 20.8 Å². The fourth-order valence-corrected chi connectivity index (χ4v) is 3.61. The topological polar surface area (TPSA) is 64.4 Å². The standard InChI is InChI=1S/C23H31N3O3/c1-5-17(4)21-15-20(23(28)29-6-2)24-26(21)19-9-7-18(8-10-19)22(27)25-13-11-16(3)12-14-25/h7-10,15-17H,5-6,11-14H2,1-4H3. The zero-order valence-corrected chi connectivity index (χ0v) is 17.9. The van der Waals surface area contributed by atoms with Crippen LogP contribution in [0.2, 0.25) is 0 Å². The Balaban J connectivity index is 1.85. The lowest BCUT2D eigenvalue weighted by Crippen LogP contribution is -2.37. The van der Waals surface area contributed by atoms with E-state index in [0.29, 0.717) is 23.8 Å². The van der Waals surface area contributed by atoms with Crippen molar-refractivity contribution >= 4 is 11.9 Å². The fourth-order valence-electron chi connectivity index (χ4n) is 3.61. The quantitative estimate of drug-likeness (QED) is 0.676. The molecular weight excluding hydrogens is 366 g/mol. The average molecular weight is 398 g/mol. The minimum atomic E-state index is -0.415. The van der Waals surface area contributed by atoms with E-state index in [1.165, 1.54) is 0 Å². The summed E-state index contributed by atoms with van der Waals surface area (Å²) in [6.45, 7) is 10.2. The summed E-state index contributed by atoms with van der Waals surface area (Å²) in [5.74, 6) is 0.594. The summed E-state index contributed by atoms with van der Waals surface area (Å²) < 4.78 is 6.89. The molecule has 2 heterocycles. The number of piperidine rings is 1. The van der Waals surface area contributed by atoms with Crippen LogP contribution in [0.25, 0.3) is 5.69 Å². The van der Waals surface area contributed by atoms with Gasteiger partial charge in [0.2, 0.25) is 0 Å². The second-order valence-electron chi connectivity index (χ2n) is 7.92. The minimum Gasteiger partial charge on any atom is -0.461 e. The summed E-state index contributed by atoms with van der Waals surface area (Å²) >= 11 is 0. The molecule has 6 nitrogen and oxygen atoms in total. The lowest BCUT2D eigenvalue weighted by Gasteiger charge is -2.30. The maximum absolute atomic E-state index is 12.8. The van der Waals surface area contributed by atoms with Gasteiger partial charge in [-0.2, -0.15) is 5.10 Å². The van der Waals surface area contributed by atoms with Crippen molar-refractivity contribution in [1.29, 1.82) is 0 Å². The number of amides is 1. The lowest BCUT2D eigenvalue weighted by molar-refractivity contribution is 0.0518. The van der Waals surface area contributed by atoms with Crippen LogP contribution in [-0.2, 0) is 4.74 Å². The Kier molecular flexibility index (Phi) is 6.72. The average Bonchev–Trinajstić information content (AvgIpc) is 3.19. The summed E-state index contributed by atoms with van der Waals surface area (Å²) in [5, 5.41) is 4.49. The largest absolute Gasteiger partial charge is 0.461 e. The van der Waals surface area contributed by atoms with Crippen LogP contribution in [0.1, 0.15) is 79.4 Å². The van der Waals surface area contributed by atoms with Gasteiger partial charge >= 0.3 is 5.97 Å². The summed E-state index contributed by atoms with van der Waals surface area (Å²) in [4.78, 5) is 26.9. The number of carbonyl (C=O) groups excluding carboxylic acids is 2. The highest BCUT2D eigenvalue weighted by molar-refractivity contribution is 5.94. The molecule has 1 aromatic heterocycles. The Bertz CT molecular complexity index is 849. The van der Waals surface area contributed by atoms with Gasteiger partial charge in [-0.25, -0.2) is 9.48 Å². The van der Waals surface area contributed by atoms with Crippen LogP contribution in [0.15, 0.2) is 30.3 Å². The van der Waals surface area contributed by atoms with Crippen molar-refractivity contribution < 1.29 is 14.3 Å². The van der Waals surface area contributed by atoms with Gasteiger partial charge in [0, 0.05) is 24.3 Å². The molecule has 1 aromatic carbocycles. The molecule has 1 atom stereocenters. The van der Waals surface area contributed by atoms with E-state index in [-0.39, 0.29) is 11.8 Å². The molecule has 1 aliphatic rings. The molecule has 0 aliphatic carbocycles. The highest BCUT2D eigenvalue weighted by Crippen LogP contribution is 2.24. The Morgan fingerprint density at radius 3 is 2.41 bits per heavy atom. The van der Waals surface area contributed by atoms with Crippen LogP contribution in [0, 0.1) is 5.92 Å². The molecule has 1 fully saturated rings. The monoisotopic (exact) mass is 397 g/mol. The van der Waals surface area contributed by atoms with Crippen molar-refractivity contribution in [1.82, 2.24) is 14.7 Å². The van der Waals surface area contributed by atoms with Gasteiger partial charge in [-0.05, 0) is 68.4 Å². The van der Waals surface area contributed by atoms with E-state index >= 15 is 0 Å². The van der Waals surface area contributed by atoms with Crippen molar-refractivity contribution in [2.24, 2.45) is 5.92 Å². The van der Waals surface area contributed by atoms with E-state index in [1.807, 2.05) is 29.2 Å². The molecule has 156 valence electrons. The number of aromatic nitrogens is 2. The summed E-state index contributed by atoms with van der Waals surface area (Å²) in [7, 11) is 0. The van der Waals surface area contributed by atoms with Gasteiger partial charge in [0.1, 0.15) is 0 Å². The van der Waals surface area contributed by atoms with Gasteiger partial charge in [0.25, 0.3) is 5.91 Å². The molecular formula is C23H31N3O3. The molecule has 1 aliphatic heterocycles. The number of esters is 1. The van der Waals surface area contributed by atoms with Crippen molar-refractivity contribution in [2.45, 2.75) is 52.9 Å². The molecule has 1 amide bonds. The van der Waals surface area contributed by atoms with Crippen LogP contribution in [0.3, 0.4) is 0 Å². The smallest absolute Gasteiger partial charge is 0.358 e. The molecule has 0 spiro atoms. The van der Waals surface area contributed by atoms with Crippen molar-refractivity contribution in [2.75, 3.05) is 19.7 Å². The Morgan fingerprint density at radius 2 is 1.83 bits per heavy atom. The number of likely N-dealkylation sites (tertiary alicyclic amines) is 1. The van der Waals surface area contributed by atoms with Crippen molar-refractivity contribution in [3.63, 3.8) is 0 Å². The van der Waals surface area contributed by atoms with Crippen LogP contribution < -0.4 is 0 Å². The molecule has 0 radical (unpaired) electrons. The molecule has 3 rings (SSSR count). The van der Waals surface area contributed by atoms with Crippen LogP contribution in [-0.4, -0.2) is 46.3 Å². The van der Waals surface area contributed by atoms with Gasteiger partial charge in [-0.3, -0.25) is 4.79 Å². The first-order valence-electron chi connectivity index (χ1n) is 10.6. The van der Waals surface area contributed by atoms with E-state index in [9.17, 15) is 9.59 Å². The predicted octanol–water partition coefficient (Wildman–Crippen LogP) is 4.43. The van der Waals surface area contributed by atoms with Gasteiger partial charge in [0.05, 0.1) is 12.3 Å². The third-order valence-electron chi connectivity index (χ3n) is 5.77. The predicted molar refractivity (Wildman–Crippen MR) is 113 cm³/mol. The van der Waals surface area contributed by atoms with Crippen LogP contribution in [0.4, 0.5) is 0 Å². The first-order valence-corrected chi connectivity index (χ1v) is 10.6. The molecule has 1 saturated heterocycles. The Labute approximate surface area is 172 Å². The molecule has 0 N–H and O–H groups in total. The highest BCUT2D eigenvalue weighted by Gasteiger charge is 2.22. The van der Waals surface area contributed by atoms with Crippen LogP contribution in [0.5, 0.6) is 0 Å². The molecule has 1 unspecified atom stereocenters. The van der Waals surface area contributed by atoms with E-state index in [4.69, 9.17) is 4.74 Å². The van der Waals surface area contributed by atoms with Crippen molar-refractivity contribution in [3.8, 4) is 5.69 Å². The second-order valence-corrected chi connectivity index (χ2v) is 7.92. The van der Waals surface area contributed by atoms with Gasteiger partial charge in [-0.15, -0.1) is 0 Å². The third kappa shape index (κ3) is 4.69. The minimum absolute atomic E-state index is 0.0817. The zero-order valence-electron chi connectivity index (χ0n) is 17.9. The molecule has 2 aromatic rings. The summed E-state index contributed by atoms with van der Waals surface area (Å²) in [6, 6.07) is 9.30. The number of carbonyl (C=O) groups is 2. The maximum Gasteiger partial charge on any atom is 0.358 e. The molecule has 0 saturated carbocycles. The fraction of sp³-hybridized carbons (Fsp3) is 0.522. The Hall–Kier alpha value is -2.63. The number of nitrogens with zero attached hydrogens (tertiary/aromatic N) is 3. The number of hydrogen-bond donors (Lipinski definition) is 0. The second kappa shape index (κ2) is 9.25. The number of rotatable bonds is 6. The SMILES string of the molecule is CCOC(=O)c1cc(C(C)CC)n(-c2ccc(C(=O)N3CCC(C)CC3)cc2)n1. The number of hydrogen-bond acceptors (Lipinski definition) is 4. The number of ether oxygens (including phenoxy) is 1. The van der Waals surface area contributed by atoms with Crippen molar-refractivity contribution in [3.05, 3.63) is 47.3 Å². The maximum atomic E-state index is 12.8. The summed E-state index contributed by atoms with van der Waals surface area (Å²) in [5.41, 5.74) is 2.79. The van der Waals surface area contributed by atoms with E-state index in [1.54, 1.807) is 17.7 Å². The van der Waals surface area contributed by atoms with E-state index < -0.39 is 5.97 Å². The normalized spacial score (nSPS) is 15.9. The van der Waals surface area contributed by atoms with E-state index in [2.05, 4.69) is 25.9 Å². The van der Waals surface area contributed by atoms with Gasteiger partial charge in [0.15, 0.2) is 5.69 Å². The first kappa shape index (κ1) is 21.1. The van der Waals surface area contributed by atoms with Crippen LogP contribution >= 0.6 is 0 Å². The lowest BCUT2D eigenvalue weighted by atomic mass is 9.98. The zero-order chi connectivity index (χ0) is 21.0. The Morgan fingerprint density at radius 1 is 1.17 bits per heavy atom. The molecule has 0 bridgehead atoms.